The Morgan fingerprint density at radius 3 is 2.79 bits per heavy atom. The molecule has 2 aromatic heterocycles. The molecule has 1 saturated heterocycles. The van der Waals surface area contributed by atoms with E-state index in [1.807, 2.05) is 34.1 Å². The van der Waals surface area contributed by atoms with Crippen molar-refractivity contribution in [2.45, 2.75) is 33.2 Å². The highest BCUT2D eigenvalue weighted by Gasteiger charge is 2.22. The molecular weight excluding hydrogens is 300 g/mol. The van der Waals surface area contributed by atoms with Crippen molar-refractivity contribution in [1.29, 1.82) is 0 Å². The first-order valence-electron chi connectivity index (χ1n) is 8.39. The highest BCUT2D eigenvalue weighted by atomic mass is 16.2. The van der Waals surface area contributed by atoms with E-state index in [9.17, 15) is 4.79 Å². The van der Waals surface area contributed by atoms with Crippen molar-refractivity contribution in [1.82, 2.24) is 14.5 Å². The predicted molar refractivity (Wildman–Crippen MR) is 95.0 cm³/mol. The number of rotatable bonds is 3. The van der Waals surface area contributed by atoms with Gasteiger partial charge in [-0.2, -0.15) is 0 Å². The molecule has 1 aromatic carbocycles. The van der Waals surface area contributed by atoms with Crippen LogP contribution in [0.4, 0.5) is 5.69 Å². The van der Waals surface area contributed by atoms with Crippen LogP contribution in [0.1, 0.15) is 25.3 Å². The number of nitrogens with zero attached hydrogens (tertiary/aromatic N) is 4. The Morgan fingerprint density at radius 1 is 1.21 bits per heavy atom. The quantitative estimate of drug-likeness (QED) is 0.741. The minimum absolute atomic E-state index is 0.210. The van der Waals surface area contributed by atoms with Gasteiger partial charge in [-0.05, 0) is 50.1 Å². The monoisotopic (exact) mass is 320 g/mol. The second-order valence-corrected chi connectivity index (χ2v) is 6.26. The van der Waals surface area contributed by atoms with E-state index in [-0.39, 0.29) is 5.91 Å². The van der Waals surface area contributed by atoms with Crippen LogP contribution in [0.3, 0.4) is 0 Å². The number of benzene rings is 1. The number of imidazole rings is 1. The summed E-state index contributed by atoms with van der Waals surface area (Å²) in [6, 6.07) is 8.14. The lowest BCUT2D eigenvalue weighted by Gasteiger charge is -2.16. The average Bonchev–Trinajstić information content (AvgIpc) is 3.23. The summed E-state index contributed by atoms with van der Waals surface area (Å²) in [4.78, 5) is 23.0. The van der Waals surface area contributed by atoms with Crippen molar-refractivity contribution in [2.75, 3.05) is 11.4 Å². The largest absolute Gasteiger partial charge is 0.337 e. The Kier molecular flexibility index (Phi) is 3.56. The van der Waals surface area contributed by atoms with Gasteiger partial charge in [0.2, 0.25) is 5.91 Å². The van der Waals surface area contributed by atoms with E-state index >= 15 is 0 Å². The molecule has 0 spiro atoms. The number of carbonyl (C=O) groups excluding carboxylic acids is 1. The van der Waals surface area contributed by atoms with Crippen LogP contribution in [0, 0.1) is 6.92 Å². The highest BCUT2D eigenvalue weighted by molar-refractivity contribution is 5.98. The van der Waals surface area contributed by atoms with Gasteiger partial charge in [0.15, 0.2) is 0 Å². The molecule has 0 bridgehead atoms. The van der Waals surface area contributed by atoms with Gasteiger partial charge >= 0.3 is 0 Å². The number of amides is 1. The topological polar surface area (TPSA) is 51.0 Å². The third-order valence-corrected chi connectivity index (χ3v) is 4.65. The van der Waals surface area contributed by atoms with Crippen molar-refractivity contribution in [3.05, 3.63) is 42.4 Å². The zero-order valence-corrected chi connectivity index (χ0v) is 14.0. The number of hydrogen-bond donors (Lipinski definition) is 0. The van der Waals surface area contributed by atoms with Crippen LogP contribution < -0.4 is 4.90 Å². The first-order valence-corrected chi connectivity index (χ1v) is 8.39. The summed E-state index contributed by atoms with van der Waals surface area (Å²) in [5.74, 6) is 0.210. The Labute approximate surface area is 140 Å². The fourth-order valence-corrected chi connectivity index (χ4v) is 3.27. The van der Waals surface area contributed by atoms with Crippen LogP contribution in [-0.2, 0) is 11.3 Å². The van der Waals surface area contributed by atoms with E-state index in [1.54, 1.807) is 0 Å². The lowest BCUT2D eigenvalue weighted by atomic mass is 10.1. The van der Waals surface area contributed by atoms with Crippen LogP contribution in [0.5, 0.6) is 0 Å². The average molecular weight is 320 g/mol. The van der Waals surface area contributed by atoms with Crippen molar-refractivity contribution in [3.63, 3.8) is 0 Å². The van der Waals surface area contributed by atoms with Crippen LogP contribution in [0.25, 0.3) is 22.3 Å². The molecule has 0 N–H and O–H groups in total. The number of aryl methyl sites for hydroxylation is 2. The van der Waals surface area contributed by atoms with Crippen molar-refractivity contribution < 1.29 is 4.79 Å². The molecule has 24 heavy (non-hydrogen) atoms. The predicted octanol–water partition coefficient (Wildman–Crippen LogP) is 3.55. The summed E-state index contributed by atoms with van der Waals surface area (Å²) < 4.78 is 2.04. The molecule has 3 heterocycles. The maximum Gasteiger partial charge on any atom is 0.227 e. The normalized spacial score (nSPS) is 14.8. The van der Waals surface area contributed by atoms with Crippen LogP contribution in [-0.4, -0.2) is 27.0 Å². The molecular formula is C19H20N4O. The van der Waals surface area contributed by atoms with Crippen LogP contribution in [0.2, 0.25) is 0 Å². The van der Waals surface area contributed by atoms with Gasteiger partial charge in [-0.15, -0.1) is 0 Å². The molecule has 1 aliphatic rings. The molecule has 0 atom stereocenters. The summed E-state index contributed by atoms with van der Waals surface area (Å²) in [5.41, 5.74) is 4.83. The Morgan fingerprint density at radius 2 is 2.08 bits per heavy atom. The minimum Gasteiger partial charge on any atom is -0.337 e. The van der Waals surface area contributed by atoms with Gasteiger partial charge in [0.05, 0.1) is 17.5 Å². The first-order chi connectivity index (χ1) is 11.7. The zero-order valence-electron chi connectivity index (χ0n) is 14.0. The summed E-state index contributed by atoms with van der Waals surface area (Å²) in [5, 5.41) is 1.09. The molecule has 3 aromatic rings. The van der Waals surface area contributed by atoms with Gasteiger partial charge < -0.3 is 9.47 Å². The number of anilines is 1. The summed E-state index contributed by atoms with van der Waals surface area (Å²) in [6.45, 7) is 5.88. The third kappa shape index (κ3) is 2.46. The van der Waals surface area contributed by atoms with Gasteiger partial charge in [0.1, 0.15) is 5.69 Å². The second-order valence-electron chi connectivity index (χ2n) is 6.26. The smallest absolute Gasteiger partial charge is 0.227 e. The fraction of sp³-hybridized carbons (Fsp3) is 0.316. The van der Waals surface area contributed by atoms with E-state index in [2.05, 4.69) is 31.0 Å². The number of fused-ring (bicyclic) bond motifs is 1. The maximum absolute atomic E-state index is 12.0. The van der Waals surface area contributed by atoms with E-state index in [0.29, 0.717) is 6.42 Å². The van der Waals surface area contributed by atoms with Crippen molar-refractivity contribution >= 4 is 22.5 Å². The summed E-state index contributed by atoms with van der Waals surface area (Å²) in [7, 11) is 0. The third-order valence-electron chi connectivity index (χ3n) is 4.65. The van der Waals surface area contributed by atoms with Crippen molar-refractivity contribution in [2.24, 2.45) is 0 Å². The second kappa shape index (κ2) is 5.74. The number of aromatic nitrogens is 3. The standard InChI is InChI=1S/C19H20N4O/c1-3-22-11-18(20-12-22)17-9-13(2)15-10-14(6-7-16(15)21-17)23-8-4-5-19(23)24/h6-7,9-12H,3-5,8H2,1-2H3. The molecule has 0 radical (unpaired) electrons. The number of hydrogen-bond acceptors (Lipinski definition) is 3. The molecule has 0 aliphatic carbocycles. The highest BCUT2D eigenvalue weighted by Crippen LogP contribution is 2.29. The fourth-order valence-electron chi connectivity index (χ4n) is 3.27. The van der Waals surface area contributed by atoms with Gasteiger partial charge in [-0.25, -0.2) is 9.97 Å². The lowest BCUT2D eigenvalue weighted by Crippen LogP contribution is -2.23. The molecule has 5 nitrogen and oxygen atoms in total. The molecule has 1 amide bonds. The molecule has 1 fully saturated rings. The Balaban J connectivity index is 1.77. The van der Waals surface area contributed by atoms with E-state index < -0.39 is 0 Å². The summed E-state index contributed by atoms with van der Waals surface area (Å²) >= 11 is 0. The Bertz CT molecular complexity index is 928. The molecule has 122 valence electrons. The minimum atomic E-state index is 0.210. The molecule has 5 heteroatoms. The van der Waals surface area contributed by atoms with E-state index in [4.69, 9.17) is 4.98 Å². The van der Waals surface area contributed by atoms with E-state index in [1.165, 1.54) is 0 Å². The number of pyridine rings is 1. The van der Waals surface area contributed by atoms with Gasteiger partial charge in [0.25, 0.3) is 0 Å². The van der Waals surface area contributed by atoms with Gasteiger partial charge in [-0.1, -0.05) is 0 Å². The summed E-state index contributed by atoms with van der Waals surface area (Å²) in [6.07, 6.45) is 5.44. The maximum atomic E-state index is 12.0. The van der Waals surface area contributed by atoms with E-state index in [0.717, 1.165) is 53.1 Å². The first kappa shape index (κ1) is 14.9. The Hall–Kier alpha value is -2.69. The zero-order chi connectivity index (χ0) is 16.7. The molecule has 0 unspecified atom stereocenters. The van der Waals surface area contributed by atoms with Crippen LogP contribution >= 0.6 is 0 Å². The molecule has 1 aliphatic heterocycles. The number of carbonyl (C=O) groups is 1. The van der Waals surface area contributed by atoms with Crippen molar-refractivity contribution in [3.8, 4) is 11.4 Å². The van der Waals surface area contributed by atoms with Gasteiger partial charge in [-0.3, -0.25) is 4.79 Å². The molecule has 0 saturated carbocycles. The molecule has 4 rings (SSSR count). The van der Waals surface area contributed by atoms with Gasteiger partial charge in [0, 0.05) is 36.8 Å². The SMILES string of the molecule is CCn1cnc(-c2cc(C)c3cc(N4CCCC4=O)ccc3n2)c1. The van der Waals surface area contributed by atoms with Crippen LogP contribution in [0.15, 0.2) is 36.8 Å². The lowest BCUT2D eigenvalue weighted by molar-refractivity contribution is -0.117.